The van der Waals surface area contributed by atoms with Gasteiger partial charge < -0.3 is 24.4 Å². The summed E-state index contributed by atoms with van der Waals surface area (Å²) in [5.74, 6) is 2.64. The lowest BCUT2D eigenvalue weighted by Gasteiger charge is -2.15. The van der Waals surface area contributed by atoms with Crippen LogP contribution in [0.1, 0.15) is 89.5 Å². The number of rotatable bonds is 21. The molecule has 2 aromatic rings. The van der Waals surface area contributed by atoms with Crippen molar-refractivity contribution in [1.82, 2.24) is 4.90 Å². The molecule has 0 aliphatic carbocycles. The summed E-state index contributed by atoms with van der Waals surface area (Å²) >= 11 is 1.78. The number of halogens is 1. The summed E-state index contributed by atoms with van der Waals surface area (Å²) < 4.78 is 17.2. The van der Waals surface area contributed by atoms with E-state index >= 15 is 0 Å². The molecule has 6 nitrogen and oxygen atoms in total. The second kappa shape index (κ2) is 21.4. The van der Waals surface area contributed by atoms with Crippen molar-refractivity contribution in [3.63, 3.8) is 0 Å². The minimum atomic E-state index is -0.205. The number of methoxy groups -OCH3 is 1. The zero-order valence-electron chi connectivity index (χ0n) is 24.9. The molecule has 0 unspecified atom stereocenters. The summed E-state index contributed by atoms with van der Waals surface area (Å²) in [6.07, 6.45) is 17.8. The largest absolute Gasteiger partial charge is 0.493 e. The normalized spacial score (nSPS) is 12.2. The van der Waals surface area contributed by atoms with Gasteiger partial charge in [-0.3, -0.25) is 4.79 Å². The second-order valence-electron chi connectivity index (χ2n) is 10.4. The smallest absolute Gasteiger partial charge is 0.262 e. The van der Waals surface area contributed by atoms with Crippen LogP contribution in [0.3, 0.4) is 0 Å². The standard InChI is InChI=1S/C33H48N2O4S.BrH/c1-3-4-5-6-7-8-9-10-11-12-13-14-21-38-32-24-30(18-19-31(32)37-2)39-26-33(36)34-29-17-15-16-28(23-29)25-35-20-22-40-27-35;/h15-20,22-24H,3-14,21,25-27H2,1-2H3,(H,34,36);1H. The van der Waals surface area contributed by atoms with Gasteiger partial charge >= 0.3 is 0 Å². The van der Waals surface area contributed by atoms with Gasteiger partial charge in [-0.15, -0.1) is 28.7 Å². The molecule has 0 aromatic heterocycles. The van der Waals surface area contributed by atoms with Crippen molar-refractivity contribution in [3.8, 4) is 17.2 Å². The molecule has 228 valence electrons. The van der Waals surface area contributed by atoms with E-state index in [1.807, 2.05) is 24.3 Å². The highest BCUT2D eigenvalue weighted by atomic mass is 79.9. The van der Waals surface area contributed by atoms with Gasteiger partial charge in [0, 0.05) is 24.5 Å². The van der Waals surface area contributed by atoms with E-state index in [2.05, 4.69) is 34.8 Å². The number of nitrogens with one attached hydrogen (secondary N) is 1. The number of hydrogen-bond acceptors (Lipinski definition) is 6. The van der Waals surface area contributed by atoms with E-state index in [4.69, 9.17) is 14.2 Å². The Labute approximate surface area is 262 Å². The number of nitrogens with zero attached hydrogens (tertiary/aromatic N) is 1. The molecule has 1 amide bonds. The molecule has 0 spiro atoms. The summed E-state index contributed by atoms with van der Waals surface area (Å²) in [7, 11) is 1.63. The number of anilines is 1. The molecule has 0 saturated heterocycles. The molecular weight excluding hydrogens is 600 g/mol. The van der Waals surface area contributed by atoms with Gasteiger partial charge in [0.25, 0.3) is 5.91 Å². The Balaban J connectivity index is 0.00000588. The lowest BCUT2D eigenvalue weighted by Crippen LogP contribution is -2.20. The molecule has 1 N–H and O–H groups in total. The quantitative estimate of drug-likeness (QED) is 0.136. The molecule has 2 aromatic carbocycles. The molecule has 3 rings (SSSR count). The third-order valence-electron chi connectivity index (χ3n) is 6.97. The van der Waals surface area contributed by atoms with Crippen molar-refractivity contribution < 1.29 is 19.0 Å². The van der Waals surface area contributed by atoms with E-state index in [-0.39, 0.29) is 29.5 Å². The molecule has 8 heteroatoms. The minimum absolute atomic E-state index is 0. The Morgan fingerprint density at radius 2 is 1.59 bits per heavy atom. The maximum absolute atomic E-state index is 12.5. The van der Waals surface area contributed by atoms with Crippen LogP contribution in [0.15, 0.2) is 54.1 Å². The van der Waals surface area contributed by atoms with Crippen LogP contribution < -0.4 is 19.5 Å². The summed E-state index contributed by atoms with van der Waals surface area (Å²) in [5, 5.41) is 5.03. The first kappa shape index (κ1) is 34.9. The summed E-state index contributed by atoms with van der Waals surface area (Å²) in [4.78, 5) is 14.8. The third kappa shape index (κ3) is 14.4. The number of carbonyl (C=O) groups excluding carboxylic acids is 1. The number of unbranched alkanes of at least 4 members (excludes halogenated alkanes) is 11. The number of hydrogen-bond donors (Lipinski definition) is 1. The van der Waals surface area contributed by atoms with Gasteiger partial charge in [0.2, 0.25) is 0 Å². The molecule has 0 bridgehead atoms. The van der Waals surface area contributed by atoms with Crippen molar-refractivity contribution in [2.75, 3.05) is 31.5 Å². The van der Waals surface area contributed by atoms with Gasteiger partial charge in [-0.2, -0.15) is 0 Å². The third-order valence-corrected chi connectivity index (χ3v) is 7.76. The van der Waals surface area contributed by atoms with E-state index in [0.717, 1.165) is 30.1 Å². The van der Waals surface area contributed by atoms with Gasteiger partial charge in [0.15, 0.2) is 18.1 Å². The van der Waals surface area contributed by atoms with Gasteiger partial charge in [0.05, 0.1) is 19.6 Å². The highest BCUT2D eigenvalue weighted by molar-refractivity contribution is 8.93. The Morgan fingerprint density at radius 1 is 0.878 bits per heavy atom. The van der Waals surface area contributed by atoms with Crippen LogP contribution in [0, 0.1) is 0 Å². The Bertz CT molecular complexity index is 1040. The number of thioether (sulfide) groups is 1. The van der Waals surface area contributed by atoms with Crippen molar-refractivity contribution in [2.45, 2.75) is 90.5 Å². The van der Waals surface area contributed by atoms with Crippen LogP contribution >= 0.6 is 28.7 Å². The number of amides is 1. The van der Waals surface area contributed by atoms with E-state index in [9.17, 15) is 4.79 Å². The Kier molecular flexibility index (Phi) is 18.2. The fourth-order valence-corrected chi connectivity index (χ4v) is 5.44. The Morgan fingerprint density at radius 3 is 2.24 bits per heavy atom. The summed E-state index contributed by atoms with van der Waals surface area (Å²) in [6, 6.07) is 13.3. The average Bonchev–Trinajstić information content (AvgIpc) is 3.47. The number of carbonyl (C=O) groups is 1. The van der Waals surface area contributed by atoms with Gasteiger partial charge in [0.1, 0.15) is 5.75 Å². The molecule has 1 aliphatic rings. The van der Waals surface area contributed by atoms with Gasteiger partial charge in [-0.25, -0.2) is 0 Å². The molecule has 0 saturated carbocycles. The van der Waals surface area contributed by atoms with Gasteiger partial charge in [-0.1, -0.05) is 89.7 Å². The van der Waals surface area contributed by atoms with Crippen LogP contribution in [-0.2, 0) is 11.3 Å². The van der Waals surface area contributed by atoms with Crippen LogP contribution in [-0.4, -0.2) is 37.0 Å². The maximum atomic E-state index is 12.5. The van der Waals surface area contributed by atoms with Crippen LogP contribution in [0.25, 0.3) is 0 Å². The fourth-order valence-electron chi connectivity index (χ4n) is 4.72. The van der Waals surface area contributed by atoms with E-state index in [0.29, 0.717) is 23.9 Å². The zero-order valence-corrected chi connectivity index (χ0v) is 27.4. The topological polar surface area (TPSA) is 60.0 Å². The predicted octanol–water partition coefficient (Wildman–Crippen LogP) is 9.35. The van der Waals surface area contributed by atoms with E-state index in [1.165, 1.54) is 70.6 Å². The van der Waals surface area contributed by atoms with Crippen LogP contribution in [0.2, 0.25) is 0 Å². The molecule has 0 radical (unpaired) electrons. The van der Waals surface area contributed by atoms with Crippen LogP contribution in [0.5, 0.6) is 17.2 Å². The molecule has 0 fully saturated rings. The minimum Gasteiger partial charge on any atom is -0.493 e. The summed E-state index contributed by atoms with van der Waals surface area (Å²) in [5.41, 5.74) is 1.92. The highest BCUT2D eigenvalue weighted by Crippen LogP contribution is 2.31. The van der Waals surface area contributed by atoms with Crippen molar-refractivity contribution in [1.29, 1.82) is 0 Å². The second-order valence-corrected chi connectivity index (χ2v) is 11.3. The summed E-state index contributed by atoms with van der Waals surface area (Å²) in [6.45, 7) is 3.64. The van der Waals surface area contributed by atoms with Gasteiger partial charge in [-0.05, 0) is 41.7 Å². The Hall–Kier alpha value is -2.32. The first-order valence-corrected chi connectivity index (χ1v) is 16.1. The van der Waals surface area contributed by atoms with Crippen molar-refractivity contribution in [3.05, 3.63) is 59.6 Å². The molecule has 1 heterocycles. The highest BCUT2D eigenvalue weighted by Gasteiger charge is 2.10. The van der Waals surface area contributed by atoms with E-state index < -0.39 is 0 Å². The van der Waals surface area contributed by atoms with E-state index in [1.54, 1.807) is 31.0 Å². The molecule has 0 atom stereocenters. The van der Waals surface area contributed by atoms with Crippen LogP contribution in [0.4, 0.5) is 5.69 Å². The molecular formula is C33H49BrN2O4S. The molecule has 41 heavy (non-hydrogen) atoms. The lowest BCUT2D eigenvalue weighted by molar-refractivity contribution is -0.118. The maximum Gasteiger partial charge on any atom is 0.262 e. The first-order valence-electron chi connectivity index (χ1n) is 15.0. The predicted molar refractivity (Wildman–Crippen MR) is 178 cm³/mol. The van der Waals surface area contributed by atoms with Crippen molar-refractivity contribution >= 4 is 40.3 Å². The monoisotopic (exact) mass is 648 g/mol. The first-order chi connectivity index (χ1) is 19.7. The lowest BCUT2D eigenvalue weighted by atomic mass is 10.1. The fraction of sp³-hybridized carbons (Fsp3) is 0.545. The zero-order chi connectivity index (χ0) is 28.3. The van der Waals surface area contributed by atoms with Crippen molar-refractivity contribution in [2.24, 2.45) is 0 Å². The number of benzene rings is 2. The average molecular weight is 650 g/mol. The number of ether oxygens (including phenoxy) is 3. The molecule has 1 aliphatic heterocycles. The SMILES string of the molecule is Br.CCCCCCCCCCCCCCOc1cc(OCC(=O)Nc2cccc(CN3C=CSC3)c2)ccc1OC.